The highest BCUT2D eigenvalue weighted by atomic mass is 32.2. The Kier molecular flexibility index (Phi) is 7.26. The van der Waals surface area contributed by atoms with E-state index < -0.39 is 23.3 Å². The summed E-state index contributed by atoms with van der Waals surface area (Å²) < 4.78 is 53.1. The van der Waals surface area contributed by atoms with Gasteiger partial charge in [0, 0.05) is 0 Å². The van der Waals surface area contributed by atoms with Crippen LogP contribution >= 0.6 is 0 Å². The van der Waals surface area contributed by atoms with E-state index in [1.165, 1.54) is 6.26 Å². The molecule has 1 unspecified atom stereocenters. The predicted molar refractivity (Wildman–Crippen MR) is 129 cm³/mol. The minimum absolute atomic E-state index is 0.0869. The fourth-order valence-electron chi connectivity index (χ4n) is 3.47. The standard InChI is InChI=1S/C20H17F2N7O4S.C2H6/c1-11-4-6-12(7-5-11)34(31)33-10-8-27-16-14(28(18(21)22)20(27)30)17-24-15(13-3-2-9-32-13)26-29(17)19(23)25-16;1-2/h2-7,9,18H,8,10H2,1H3,(H2,23,25);1-2H3. The van der Waals surface area contributed by atoms with Gasteiger partial charge in [0.1, 0.15) is 5.52 Å². The van der Waals surface area contributed by atoms with Gasteiger partial charge in [0.25, 0.3) is 0 Å². The first kappa shape index (κ1) is 25.2. The summed E-state index contributed by atoms with van der Waals surface area (Å²) in [6.07, 6.45) is 1.41. The molecule has 4 aromatic heterocycles. The maximum atomic E-state index is 13.9. The van der Waals surface area contributed by atoms with Gasteiger partial charge in [0.2, 0.25) is 11.8 Å². The van der Waals surface area contributed by atoms with Crippen LogP contribution in [0.5, 0.6) is 0 Å². The van der Waals surface area contributed by atoms with Crippen molar-refractivity contribution < 1.29 is 21.6 Å². The Morgan fingerprint density at radius 3 is 2.50 bits per heavy atom. The van der Waals surface area contributed by atoms with Gasteiger partial charge in [-0.2, -0.15) is 18.3 Å². The molecule has 0 saturated carbocycles. The molecule has 4 heterocycles. The molecule has 0 aliphatic heterocycles. The Labute approximate surface area is 205 Å². The summed E-state index contributed by atoms with van der Waals surface area (Å²) >= 11 is -1.80. The number of aryl methyl sites for hydroxylation is 1. The lowest BCUT2D eigenvalue weighted by atomic mass is 10.2. The summed E-state index contributed by atoms with van der Waals surface area (Å²) in [6, 6.07) is 10.1. The maximum absolute atomic E-state index is 13.9. The summed E-state index contributed by atoms with van der Waals surface area (Å²) in [7, 11) is 0. The topological polar surface area (TPSA) is 135 Å². The molecule has 190 valence electrons. The number of furan rings is 1. The summed E-state index contributed by atoms with van der Waals surface area (Å²) in [5.74, 6) is 0.203. The molecule has 0 amide bonds. The van der Waals surface area contributed by atoms with Gasteiger partial charge in [0.05, 0.1) is 24.3 Å². The number of fused-ring (bicyclic) bond motifs is 3. The zero-order valence-electron chi connectivity index (χ0n) is 19.6. The molecule has 36 heavy (non-hydrogen) atoms. The Hall–Kier alpha value is -3.91. The number of nitrogen functional groups attached to an aromatic ring is 1. The zero-order valence-corrected chi connectivity index (χ0v) is 20.4. The van der Waals surface area contributed by atoms with Crippen molar-refractivity contribution in [2.24, 2.45) is 0 Å². The molecule has 1 atom stereocenters. The van der Waals surface area contributed by atoms with Gasteiger partial charge in [-0.05, 0) is 31.2 Å². The number of halogens is 2. The van der Waals surface area contributed by atoms with E-state index in [2.05, 4.69) is 15.1 Å². The first-order chi connectivity index (χ1) is 17.3. The van der Waals surface area contributed by atoms with Gasteiger partial charge in [-0.3, -0.25) is 8.75 Å². The van der Waals surface area contributed by atoms with Crippen molar-refractivity contribution in [2.45, 2.75) is 38.8 Å². The summed E-state index contributed by atoms with van der Waals surface area (Å²) in [5, 5.41) is 4.16. The van der Waals surface area contributed by atoms with Crippen LogP contribution in [0, 0.1) is 6.92 Å². The Morgan fingerprint density at radius 1 is 1.14 bits per heavy atom. The van der Waals surface area contributed by atoms with Gasteiger partial charge in [-0.1, -0.05) is 31.5 Å². The molecule has 0 fully saturated rings. The van der Waals surface area contributed by atoms with Gasteiger partial charge in [-0.25, -0.2) is 18.6 Å². The minimum Gasteiger partial charge on any atom is -0.461 e. The van der Waals surface area contributed by atoms with Gasteiger partial charge < -0.3 is 10.2 Å². The molecule has 5 aromatic rings. The van der Waals surface area contributed by atoms with Crippen molar-refractivity contribution in [1.29, 1.82) is 0 Å². The van der Waals surface area contributed by atoms with Crippen LogP contribution in [0.4, 0.5) is 14.7 Å². The third-order valence-electron chi connectivity index (χ3n) is 5.06. The highest BCUT2D eigenvalue weighted by Gasteiger charge is 2.26. The normalized spacial score (nSPS) is 12.3. The van der Waals surface area contributed by atoms with Crippen LogP contribution in [0.2, 0.25) is 0 Å². The summed E-state index contributed by atoms with van der Waals surface area (Å²) in [5.41, 5.74) is 5.47. The lowest BCUT2D eigenvalue weighted by molar-refractivity contribution is 0.0702. The number of hydrogen-bond acceptors (Lipinski definition) is 8. The molecule has 0 bridgehead atoms. The Bertz CT molecular complexity index is 1570. The smallest absolute Gasteiger partial charge is 0.335 e. The molecule has 14 heteroatoms. The molecule has 0 aliphatic carbocycles. The summed E-state index contributed by atoms with van der Waals surface area (Å²) in [6.45, 7) is 2.30. The highest BCUT2D eigenvalue weighted by Crippen LogP contribution is 2.26. The first-order valence-electron chi connectivity index (χ1n) is 11.0. The SMILES string of the molecule is CC.Cc1ccc(S(=O)OCCn2c(=O)n(C(F)F)c3c2nc(N)n2nc(-c4ccco4)nc32)cc1. The van der Waals surface area contributed by atoms with E-state index in [-0.39, 0.29) is 52.1 Å². The van der Waals surface area contributed by atoms with Gasteiger partial charge in [-0.15, -0.1) is 5.10 Å². The predicted octanol–water partition coefficient (Wildman–Crippen LogP) is 3.55. The van der Waals surface area contributed by atoms with Crippen molar-refractivity contribution >= 4 is 33.8 Å². The molecule has 1 aromatic carbocycles. The number of alkyl halides is 2. The number of benzene rings is 1. The lowest BCUT2D eigenvalue weighted by Crippen LogP contribution is -2.26. The monoisotopic (exact) mass is 519 g/mol. The molecule has 0 spiro atoms. The lowest BCUT2D eigenvalue weighted by Gasteiger charge is -2.05. The van der Waals surface area contributed by atoms with Crippen molar-refractivity contribution in [1.82, 2.24) is 28.7 Å². The van der Waals surface area contributed by atoms with Crippen LogP contribution in [0.3, 0.4) is 0 Å². The molecular weight excluding hydrogens is 496 g/mol. The van der Waals surface area contributed by atoms with E-state index in [4.69, 9.17) is 14.3 Å². The molecule has 0 saturated heterocycles. The van der Waals surface area contributed by atoms with E-state index in [9.17, 15) is 17.8 Å². The minimum atomic E-state index is -3.18. The molecular formula is C22H23F2N7O4S. The number of rotatable bonds is 7. The number of aromatic nitrogens is 6. The van der Waals surface area contributed by atoms with Crippen LogP contribution in [0.1, 0.15) is 26.0 Å². The first-order valence-corrected chi connectivity index (χ1v) is 12.0. The van der Waals surface area contributed by atoms with Crippen LogP contribution < -0.4 is 11.4 Å². The van der Waals surface area contributed by atoms with Crippen LogP contribution in [-0.2, 0) is 21.8 Å². The second kappa shape index (κ2) is 10.4. The average Bonchev–Trinajstić information content (AvgIpc) is 3.60. The van der Waals surface area contributed by atoms with E-state index in [0.29, 0.717) is 4.90 Å². The largest absolute Gasteiger partial charge is 0.461 e. The van der Waals surface area contributed by atoms with Crippen molar-refractivity contribution in [3.63, 3.8) is 0 Å². The third-order valence-corrected chi connectivity index (χ3v) is 6.10. The van der Waals surface area contributed by atoms with E-state index in [1.807, 2.05) is 20.8 Å². The maximum Gasteiger partial charge on any atom is 0.335 e. The molecule has 5 rings (SSSR count). The molecule has 2 N–H and O–H groups in total. The molecule has 0 radical (unpaired) electrons. The number of imidazole rings is 1. The molecule has 11 nitrogen and oxygen atoms in total. The third kappa shape index (κ3) is 4.52. The quantitative estimate of drug-likeness (QED) is 0.345. The summed E-state index contributed by atoms with van der Waals surface area (Å²) in [4.78, 5) is 21.7. The van der Waals surface area contributed by atoms with Crippen molar-refractivity contribution in [3.8, 4) is 11.6 Å². The Balaban J connectivity index is 0.00000148. The van der Waals surface area contributed by atoms with Gasteiger partial charge in [0.15, 0.2) is 28.1 Å². The van der Waals surface area contributed by atoms with E-state index in [0.717, 1.165) is 14.6 Å². The zero-order chi connectivity index (χ0) is 26.0. The number of hydrogen-bond donors (Lipinski definition) is 1. The van der Waals surface area contributed by atoms with Crippen LogP contribution in [0.25, 0.3) is 28.4 Å². The fourth-order valence-corrected chi connectivity index (χ4v) is 4.19. The Morgan fingerprint density at radius 2 is 1.86 bits per heavy atom. The highest BCUT2D eigenvalue weighted by molar-refractivity contribution is 7.80. The second-order valence-corrected chi connectivity index (χ2v) is 8.42. The fraction of sp³-hybridized carbons (Fsp3) is 0.273. The van der Waals surface area contributed by atoms with Gasteiger partial charge >= 0.3 is 12.2 Å². The van der Waals surface area contributed by atoms with E-state index in [1.54, 1.807) is 36.4 Å². The van der Waals surface area contributed by atoms with Crippen molar-refractivity contribution in [3.05, 3.63) is 58.7 Å². The van der Waals surface area contributed by atoms with E-state index >= 15 is 0 Å². The average molecular weight is 520 g/mol. The second-order valence-electron chi connectivity index (χ2n) is 7.24. The number of anilines is 1. The van der Waals surface area contributed by atoms with Crippen molar-refractivity contribution in [2.75, 3.05) is 12.3 Å². The number of nitrogens with zero attached hydrogens (tertiary/aromatic N) is 6. The molecule has 0 aliphatic rings. The van der Waals surface area contributed by atoms with Crippen LogP contribution in [0.15, 0.2) is 56.8 Å². The van der Waals surface area contributed by atoms with Crippen LogP contribution in [-0.4, -0.2) is 39.5 Å². The number of nitrogens with two attached hydrogens (primary N) is 1.